The number of rotatable bonds is 0. The predicted octanol–water partition coefficient (Wildman–Crippen LogP) is 3.61. The van der Waals surface area contributed by atoms with Crippen molar-refractivity contribution in [1.29, 1.82) is 0 Å². The molecule has 0 aromatic heterocycles. The molecule has 0 saturated heterocycles. The van der Waals surface area contributed by atoms with Crippen molar-refractivity contribution in [2.75, 3.05) is 0 Å². The second-order valence-corrected chi connectivity index (χ2v) is 3.68. The zero-order valence-corrected chi connectivity index (χ0v) is 6.63. The van der Waals surface area contributed by atoms with E-state index in [0.717, 1.165) is 0 Å². The number of thioether (sulfide) groups is 2. The van der Waals surface area contributed by atoms with Gasteiger partial charge in [0.2, 0.25) is 0 Å². The van der Waals surface area contributed by atoms with Crippen LogP contribution in [0, 0.1) is 0 Å². The molecule has 0 rings (SSSR count). The van der Waals surface area contributed by atoms with Gasteiger partial charge in [-0.05, 0) is 0 Å². The lowest BCUT2D eigenvalue weighted by Gasteiger charge is -2.05. The molecule has 0 bridgehead atoms. The SMILES string of the molecule is O=C(SC(F)(F)F)SC(F)(F)F. The summed E-state index contributed by atoms with van der Waals surface area (Å²) in [6.45, 7) is 0. The smallest absolute Gasteiger partial charge is 0.274 e. The molecule has 0 N–H and O–H groups in total. The number of carbonyl (C=O) groups is 1. The standard InChI is InChI=1S/C3F6OS2/c4-2(5,6)11-1(10)12-3(7,8)9. The topological polar surface area (TPSA) is 17.1 Å². The van der Waals surface area contributed by atoms with E-state index < -0.39 is 39.0 Å². The highest BCUT2D eigenvalue weighted by atomic mass is 32.2. The Hall–Kier alpha value is -0.0500. The van der Waals surface area contributed by atoms with Crippen LogP contribution in [0.2, 0.25) is 0 Å². The Kier molecular flexibility index (Phi) is 3.76. The number of hydrogen-bond donors (Lipinski definition) is 0. The Bertz CT molecular complexity index is 153. The Morgan fingerprint density at radius 2 is 1.08 bits per heavy atom. The van der Waals surface area contributed by atoms with Crippen LogP contribution in [0.15, 0.2) is 0 Å². The third-order valence-corrected chi connectivity index (χ3v) is 1.69. The zero-order chi connectivity index (χ0) is 9.99. The van der Waals surface area contributed by atoms with Gasteiger partial charge in [0, 0.05) is 23.5 Å². The molecule has 0 aliphatic carbocycles. The van der Waals surface area contributed by atoms with Gasteiger partial charge in [-0.2, -0.15) is 26.3 Å². The molecule has 0 aromatic rings. The summed E-state index contributed by atoms with van der Waals surface area (Å²) >= 11 is -2.62. The lowest BCUT2D eigenvalue weighted by Crippen LogP contribution is -2.08. The van der Waals surface area contributed by atoms with Crippen molar-refractivity contribution in [3.8, 4) is 0 Å². The van der Waals surface area contributed by atoms with Crippen LogP contribution in [0.25, 0.3) is 0 Å². The number of hydrogen-bond acceptors (Lipinski definition) is 3. The van der Waals surface area contributed by atoms with E-state index in [-0.39, 0.29) is 0 Å². The average molecular weight is 230 g/mol. The van der Waals surface area contributed by atoms with Crippen LogP contribution in [-0.4, -0.2) is 15.5 Å². The van der Waals surface area contributed by atoms with E-state index in [0.29, 0.717) is 0 Å². The minimum atomic E-state index is -4.96. The van der Waals surface area contributed by atoms with Gasteiger partial charge in [0.1, 0.15) is 0 Å². The normalized spacial score (nSPS) is 13.2. The van der Waals surface area contributed by atoms with Crippen molar-refractivity contribution in [3.63, 3.8) is 0 Å². The van der Waals surface area contributed by atoms with Crippen LogP contribution in [0.3, 0.4) is 0 Å². The van der Waals surface area contributed by atoms with Gasteiger partial charge in [-0.15, -0.1) is 0 Å². The summed E-state index contributed by atoms with van der Waals surface area (Å²) in [5.74, 6) is 0. The van der Waals surface area contributed by atoms with Gasteiger partial charge in [-0.25, -0.2) is 0 Å². The van der Waals surface area contributed by atoms with E-state index in [1.165, 1.54) is 0 Å². The largest absolute Gasteiger partial charge is 0.449 e. The summed E-state index contributed by atoms with van der Waals surface area (Å²) in [6, 6.07) is 0. The highest BCUT2D eigenvalue weighted by Gasteiger charge is 2.39. The highest BCUT2D eigenvalue weighted by Crippen LogP contribution is 2.40. The van der Waals surface area contributed by atoms with E-state index in [4.69, 9.17) is 0 Å². The summed E-state index contributed by atoms with van der Waals surface area (Å²) in [5.41, 5.74) is -9.93. The number of alkyl halides is 6. The van der Waals surface area contributed by atoms with Crippen LogP contribution >= 0.6 is 23.5 Å². The summed E-state index contributed by atoms with van der Waals surface area (Å²) in [5, 5.41) is 0. The van der Waals surface area contributed by atoms with Gasteiger partial charge in [0.25, 0.3) is 4.45 Å². The molecular weight excluding hydrogens is 230 g/mol. The molecule has 0 atom stereocenters. The molecule has 0 saturated carbocycles. The monoisotopic (exact) mass is 230 g/mol. The van der Waals surface area contributed by atoms with Gasteiger partial charge in [0.15, 0.2) is 0 Å². The summed E-state index contributed by atoms with van der Waals surface area (Å²) in [7, 11) is 0. The van der Waals surface area contributed by atoms with E-state index in [2.05, 4.69) is 0 Å². The van der Waals surface area contributed by atoms with Crippen LogP contribution in [-0.2, 0) is 0 Å². The number of halogens is 6. The van der Waals surface area contributed by atoms with Crippen LogP contribution in [0.4, 0.5) is 31.1 Å². The van der Waals surface area contributed by atoms with Crippen molar-refractivity contribution >= 4 is 28.0 Å². The fourth-order valence-electron chi connectivity index (χ4n) is 0.210. The molecule has 12 heavy (non-hydrogen) atoms. The van der Waals surface area contributed by atoms with Crippen molar-refractivity contribution in [1.82, 2.24) is 0 Å². The van der Waals surface area contributed by atoms with E-state index in [9.17, 15) is 31.1 Å². The van der Waals surface area contributed by atoms with Crippen LogP contribution in [0.1, 0.15) is 0 Å². The Balaban J connectivity index is 3.92. The lowest BCUT2D eigenvalue weighted by atomic mass is 11.5. The van der Waals surface area contributed by atoms with Crippen LogP contribution < -0.4 is 0 Å². The first-order valence-corrected chi connectivity index (χ1v) is 3.79. The maximum atomic E-state index is 11.2. The van der Waals surface area contributed by atoms with E-state index >= 15 is 0 Å². The van der Waals surface area contributed by atoms with Crippen molar-refractivity contribution in [2.45, 2.75) is 11.0 Å². The van der Waals surface area contributed by atoms with Gasteiger partial charge >= 0.3 is 11.0 Å². The second-order valence-electron chi connectivity index (χ2n) is 1.35. The highest BCUT2D eigenvalue weighted by molar-refractivity contribution is 8.39. The first kappa shape index (κ1) is 11.9. The zero-order valence-electron chi connectivity index (χ0n) is 4.99. The molecule has 0 aliphatic heterocycles. The van der Waals surface area contributed by atoms with Crippen molar-refractivity contribution < 1.29 is 31.1 Å². The first-order valence-electron chi connectivity index (χ1n) is 2.15. The summed E-state index contributed by atoms with van der Waals surface area (Å²) in [6.07, 6.45) is 0. The molecule has 0 amide bonds. The molecule has 0 spiro atoms. The molecule has 0 radical (unpaired) electrons. The molecule has 0 aliphatic rings. The minimum Gasteiger partial charge on any atom is -0.274 e. The third kappa shape index (κ3) is 8.05. The number of carbonyl (C=O) groups excluding carboxylic acids is 1. The maximum absolute atomic E-state index is 11.2. The third-order valence-electron chi connectivity index (χ3n) is 0.398. The molecule has 9 heteroatoms. The van der Waals surface area contributed by atoms with Crippen molar-refractivity contribution in [3.05, 3.63) is 0 Å². The average Bonchev–Trinajstić information content (AvgIpc) is 1.49. The van der Waals surface area contributed by atoms with E-state index in [1.54, 1.807) is 0 Å². The molecule has 0 fully saturated rings. The maximum Gasteiger partial charge on any atom is 0.449 e. The van der Waals surface area contributed by atoms with Gasteiger partial charge in [-0.3, -0.25) is 4.79 Å². The lowest BCUT2D eigenvalue weighted by molar-refractivity contribution is -0.0322. The Labute approximate surface area is 70.9 Å². The second kappa shape index (κ2) is 3.77. The first-order chi connectivity index (χ1) is 5.10. The summed E-state index contributed by atoms with van der Waals surface area (Å²) in [4.78, 5) is 9.96. The molecular formula is C3F6OS2. The minimum absolute atomic E-state index is 1.31. The quantitative estimate of drug-likeness (QED) is 0.591. The fourth-order valence-corrected chi connectivity index (χ4v) is 1.32. The van der Waals surface area contributed by atoms with E-state index in [1.807, 2.05) is 0 Å². The molecule has 1 nitrogen and oxygen atoms in total. The van der Waals surface area contributed by atoms with Gasteiger partial charge in [-0.1, -0.05) is 0 Å². The van der Waals surface area contributed by atoms with Crippen molar-refractivity contribution in [2.24, 2.45) is 0 Å². The van der Waals surface area contributed by atoms with Crippen LogP contribution in [0.5, 0.6) is 0 Å². The molecule has 0 heterocycles. The summed E-state index contributed by atoms with van der Waals surface area (Å²) < 4.78 is 65.4. The molecule has 0 unspecified atom stereocenters. The molecule has 0 aromatic carbocycles. The van der Waals surface area contributed by atoms with Gasteiger partial charge in [0.05, 0.1) is 0 Å². The fraction of sp³-hybridized carbons (Fsp3) is 0.667. The molecule has 72 valence electrons. The van der Waals surface area contributed by atoms with Gasteiger partial charge < -0.3 is 0 Å². The predicted molar refractivity (Wildman–Crippen MR) is 32.7 cm³/mol. The Morgan fingerprint density at radius 3 is 1.25 bits per heavy atom. The Morgan fingerprint density at radius 1 is 0.833 bits per heavy atom.